The van der Waals surface area contributed by atoms with Crippen molar-refractivity contribution < 1.29 is 28.5 Å². The second-order valence-corrected chi connectivity index (χ2v) is 5.97. The molecule has 1 aromatic carbocycles. The van der Waals surface area contributed by atoms with E-state index in [-0.39, 0.29) is 18.5 Å². The van der Waals surface area contributed by atoms with Gasteiger partial charge in [0.25, 0.3) is 0 Å². The van der Waals surface area contributed by atoms with Gasteiger partial charge in [-0.05, 0) is 31.6 Å². The number of carbonyl (C=O) groups excluding carboxylic acids is 2. The number of esters is 2. The predicted octanol–water partition coefficient (Wildman–Crippen LogP) is 3.19. The van der Waals surface area contributed by atoms with Crippen molar-refractivity contribution >= 4 is 17.5 Å². The van der Waals surface area contributed by atoms with Crippen LogP contribution in [0.4, 0.5) is 0 Å². The van der Waals surface area contributed by atoms with E-state index in [1.165, 1.54) is 6.92 Å². The second-order valence-electron chi connectivity index (χ2n) is 5.97. The molecule has 1 fully saturated rings. The van der Waals surface area contributed by atoms with Gasteiger partial charge in [0.1, 0.15) is 11.5 Å². The molecule has 2 atom stereocenters. The van der Waals surface area contributed by atoms with Crippen LogP contribution in [0.25, 0.3) is 5.57 Å². The van der Waals surface area contributed by atoms with Crippen molar-refractivity contribution in [3.05, 3.63) is 29.3 Å². The maximum absolute atomic E-state index is 11.6. The predicted molar refractivity (Wildman–Crippen MR) is 85.3 cm³/mol. The molecule has 0 N–H and O–H groups in total. The highest BCUT2D eigenvalue weighted by Crippen LogP contribution is 2.49. The van der Waals surface area contributed by atoms with Gasteiger partial charge >= 0.3 is 17.9 Å². The van der Waals surface area contributed by atoms with Gasteiger partial charge in [-0.3, -0.25) is 9.59 Å². The van der Waals surface area contributed by atoms with Crippen molar-refractivity contribution in [3.8, 4) is 11.5 Å². The third-order valence-corrected chi connectivity index (χ3v) is 4.07. The number of allylic oxidation sites excluding steroid dienone is 1. The molecule has 0 radical (unpaired) electrons. The minimum atomic E-state index is -1.53. The Kier molecular flexibility index (Phi) is 4.09. The summed E-state index contributed by atoms with van der Waals surface area (Å²) in [5, 5.41) is 0. The monoisotopic (exact) mass is 332 g/mol. The fourth-order valence-electron chi connectivity index (χ4n) is 3.03. The minimum Gasteiger partial charge on any atom is -0.426 e. The molecule has 0 spiro atoms. The highest BCUT2D eigenvalue weighted by atomic mass is 16.9. The van der Waals surface area contributed by atoms with Crippen molar-refractivity contribution in [2.45, 2.75) is 52.6 Å². The van der Waals surface area contributed by atoms with Crippen molar-refractivity contribution in [2.75, 3.05) is 0 Å². The summed E-state index contributed by atoms with van der Waals surface area (Å²) in [6, 6.07) is 5.16. The van der Waals surface area contributed by atoms with Crippen LogP contribution in [-0.4, -0.2) is 24.0 Å². The van der Waals surface area contributed by atoms with E-state index in [9.17, 15) is 9.59 Å². The van der Waals surface area contributed by atoms with E-state index in [4.69, 9.17) is 18.9 Å². The Morgan fingerprint density at radius 3 is 2.79 bits per heavy atom. The highest BCUT2D eigenvalue weighted by Gasteiger charge is 2.53. The smallest absolute Gasteiger partial charge is 0.400 e. The topological polar surface area (TPSA) is 71.1 Å². The molecule has 2 aliphatic heterocycles. The lowest BCUT2D eigenvalue weighted by Crippen LogP contribution is -2.44. The molecule has 0 unspecified atom stereocenters. The summed E-state index contributed by atoms with van der Waals surface area (Å²) >= 11 is 0. The maximum atomic E-state index is 11.6. The highest BCUT2D eigenvalue weighted by molar-refractivity contribution is 5.78. The molecule has 0 aromatic heterocycles. The number of ether oxygens (including phenoxy) is 4. The van der Waals surface area contributed by atoms with Gasteiger partial charge in [0.2, 0.25) is 0 Å². The standard InChI is InChI=1S/C18H20O6/c1-5-17(20)21-13-6-7-14-11(3)15-8-10(2)22-18(15,23-12(4)19)24-16(14)9-13/h6-7,9-10H,5,8H2,1-4H3/t10-,18-/m0/s1. The van der Waals surface area contributed by atoms with Crippen LogP contribution in [0.1, 0.15) is 46.1 Å². The van der Waals surface area contributed by atoms with Gasteiger partial charge in [0, 0.05) is 31.4 Å². The zero-order valence-electron chi connectivity index (χ0n) is 14.2. The Labute approximate surface area is 140 Å². The lowest BCUT2D eigenvalue weighted by atomic mass is 9.94. The first-order valence-electron chi connectivity index (χ1n) is 7.96. The molecular weight excluding hydrogens is 312 g/mol. The summed E-state index contributed by atoms with van der Waals surface area (Å²) in [5.74, 6) is -1.53. The normalized spacial score (nSPS) is 24.8. The van der Waals surface area contributed by atoms with Gasteiger partial charge in [0.15, 0.2) is 0 Å². The Morgan fingerprint density at radius 2 is 2.12 bits per heavy atom. The molecule has 0 bridgehead atoms. The van der Waals surface area contributed by atoms with Crippen LogP contribution in [0.3, 0.4) is 0 Å². The molecule has 2 heterocycles. The van der Waals surface area contributed by atoms with E-state index in [1.807, 2.05) is 19.9 Å². The summed E-state index contributed by atoms with van der Waals surface area (Å²) in [4.78, 5) is 23.0. The molecule has 0 saturated carbocycles. The van der Waals surface area contributed by atoms with Crippen LogP contribution < -0.4 is 9.47 Å². The average molecular weight is 332 g/mol. The van der Waals surface area contributed by atoms with E-state index >= 15 is 0 Å². The number of fused-ring (bicyclic) bond motifs is 2. The zero-order valence-corrected chi connectivity index (χ0v) is 14.2. The molecule has 6 nitrogen and oxygen atoms in total. The molecule has 2 aliphatic rings. The molecule has 24 heavy (non-hydrogen) atoms. The van der Waals surface area contributed by atoms with Gasteiger partial charge in [0.05, 0.1) is 11.7 Å². The Bertz CT molecular complexity index is 735. The van der Waals surface area contributed by atoms with Crippen LogP contribution >= 0.6 is 0 Å². The summed E-state index contributed by atoms with van der Waals surface area (Å²) in [6.07, 6.45) is 0.755. The minimum absolute atomic E-state index is 0.138. The number of hydrogen-bond donors (Lipinski definition) is 0. The van der Waals surface area contributed by atoms with Crippen LogP contribution in [0, 0.1) is 0 Å². The van der Waals surface area contributed by atoms with Crippen LogP contribution in [-0.2, 0) is 19.1 Å². The molecule has 0 amide bonds. The zero-order chi connectivity index (χ0) is 17.5. The number of benzene rings is 1. The number of carbonyl (C=O) groups is 2. The van der Waals surface area contributed by atoms with Crippen molar-refractivity contribution in [1.82, 2.24) is 0 Å². The molecular formula is C18H20O6. The molecule has 1 aromatic rings. The lowest BCUT2D eigenvalue weighted by molar-refractivity contribution is -0.295. The SMILES string of the molecule is CCC(=O)Oc1ccc2c(c1)O[C@]1(OC(C)=O)O[C@@H](C)CC1=C2C. The number of rotatable bonds is 3. The molecule has 1 saturated heterocycles. The van der Waals surface area contributed by atoms with Crippen molar-refractivity contribution in [1.29, 1.82) is 0 Å². The van der Waals surface area contributed by atoms with Crippen LogP contribution in [0.5, 0.6) is 11.5 Å². The van der Waals surface area contributed by atoms with Crippen LogP contribution in [0.2, 0.25) is 0 Å². The van der Waals surface area contributed by atoms with Gasteiger partial charge in [-0.15, -0.1) is 0 Å². The Hall–Kier alpha value is -2.34. The summed E-state index contributed by atoms with van der Waals surface area (Å²) in [6.45, 7) is 6.87. The Balaban J connectivity index is 2.03. The fraction of sp³-hybridized carbons (Fsp3) is 0.444. The van der Waals surface area contributed by atoms with E-state index in [0.717, 1.165) is 16.7 Å². The van der Waals surface area contributed by atoms with E-state index in [1.54, 1.807) is 19.1 Å². The van der Waals surface area contributed by atoms with E-state index in [2.05, 4.69) is 0 Å². The Morgan fingerprint density at radius 1 is 1.38 bits per heavy atom. The quantitative estimate of drug-likeness (QED) is 0.625. The maximum Gasteiger partial charge on any atom is 0.400 e. The van der Waals surface area contributed by atoms with Crippen molar-refractivity contribution in [3.63, 3.8) is 0 Å². The third kappa shape index (κ3) is 2.78. The fourth-order valence-corrected chi connectivity index (χ4v) is 3.03. The average Bonchev–Trinajstić information content (AvgIpc) is 2.82. The largest absolute Gasteiger partial charge is 0.426 e. The summed E-state index contributed by atoms with van der Waals surface area (Å²) in [7, 11) is 0. The summed E-state index contributed by atoms with van der Waals surface area (Å²) in [5.41, 5.74) is 2.60. The number of hydrogen-bond acceptors (Lipinski definition) is 6. The second kappa shape index (κ2) is 5.94. The molecule has 0 aliphatic carbocycles. The van der Waals surface area contributed by atoms with E-state index < -0.39 is 11.9 Å². The van der Waals surface area contributed by atoms with Gasteiger partial charge in [-0.1, -0.05) is 6.92 Å². The molecule has 3 rings (SSSR count). The van der Waals surface area contributed by atoms with Crippen molar-refractivity contribution in [2.24, 2.45) is 0 Å². The first-order chi connectivity index (χ1) is 11.3. The molecule has 6 heteroatoms. The molecule has 128 valence electrons. The first-order valence-corrected chi connectivity index (χ1v) is 7.96. The first kappa shape index (κ1) is 16.5. The van der Waals surface area contributed by atoms with Gasteiger partial charge < -0.3 is 18.9 Å². The third-order valence-electron chi connectivity index (χ3n) is 4.07. The van der Waals surface area contributed by atoms with Crippen LogP contribution in [0.15, 0.2) is 23.8 Å². The summed E-state index contributed by atoms with van der Waals surface area (Å²) < 4.78 is 22.4. The van der Waals surface area contributed by atoms with Gasteiger partial charge in [-0.2, -0.15) is 0 Å². The van der Waals surface area contributed by atoms with E-state index in [0.29, 0.717) is 17.9 Å². The lowest BCUT2D eigenvalue weighted by Gasteiger charge is -2.34. The van der Waals surface area contributed by atoms with Gasteiger partial charge in [-0.25, -0.2) is 0 Å².